The molecule has 1 N–H and O–H groups in total. The molecule has 0 spiro atoms. The molecule has 21 heavy (non-hydrogen) atoms. The molecule has 2 nitrogen and oxygen atoms in total. The summed E-state index contributed by atoms with van der Waals surface area (Å²) < 4.78 is 18.5. The van der Waals surface area contributed by atoms with E-state index in [0.29, 0.717) is 6.61 Å². The third-order valence-electron chi connectivity index (χ3n) is 3.95. The summed E-state index contributed by atoms with van der Waals surface area (Å²) in [6.45, 7) is 4.44. The number of rotatable bonds is 5. The van der Waals surface area contributed by atoms with Gasteiger partial charge in [-0.05, 0) is 47.4 Å². The Balaban J connectivity index is 1.82. The fourth-order valence-corrected chi connectivity index (χ4v) is 2.82. The molecule has 0 saturated carbocycles. The lowest BCUT2D eigenvalue weighted by Crippen LogP contribution is -2.23. The molecule has 0 aliphatic carbocycles. The Hall–Kier alpha value is -1.71. The van der Waals surface area contributed by atoms with Crippen LogP contribution in [0.5, 0.6) is 0 Å². The number of ether oxygens (including phenoxy) is 1. The van der Waals surface area contributed by atoms with Crippen molar-refractivity contribution in [3.8, 4) is 0 Å². The van der Waals surface area contributed by atoms with Gasteiger partial charge in [0.05, 0.1) is 13.2 Å². The van der Waals surface area contributed by atoms with Gasteiger partial charge in [0.25, 0.3) is 0 Å². The number of nitrogens with one attached hydrogen (secondary N) is 1. The van der Waals surface area contributed by atoms with E-state index in [0.717, 1.165) is 25.1 Å². The van der Waals surface area contributed by atoms with Crippen molar-refractivity contribution in [2.24, 2.45) is 0 Å². The van der Waals surface area contributed by atoms with Gasteiger partial charge in [-0.3, -0.25) is 0 Å². The highest BCUT2D eigenvalue weighted by atomic mass is 19.1. The van der Waals surface area contributed by atoms with Crippen LogP contribution in [0.1, 0.15) is 35.2 Å². The lowest BCUT2D eigenvalue weighted by Gasteiger charge is -2.19. The van der Waals surface area contributed by atoms with E-state index >= 15 is 0 Å². The van der Waals surface area contributed by atoms with Crippen molar-refractivity contribution in [3.63, 3.8) is 0 Å². The molecule has 0 saturated heterocycles. The standard InChI is InChI=1S/C18H20FNO/c1-2-20-18(9-13-3-7-17(19)8-4-13)14-5-6-15-11-21-12-16(15)10-14/h3-8,10,18,20H,2,9,11-12H2,1H3. The van der Waals surface area contributed by atoms with Crippen LogP contribution >= 0.6 is 0 Å². The van der Waals surface area contributed by atoms with Crippen LogP contribution in [0.4, 0.5) is 4.39 Å². The van der Waals surface area contributed by atoms with Crippen LogP contribution in [0.2, 0.25) is 0 Å². The zero-order valence-corrected chi connectivity index (χ0v) is 12.2. The molecule has 3 rings (SSSR count). The summed E-state index contributed by atoms with van der Waals surface area (Å²) in [6.07, 6.45) is 0.855. The molecular weight excluding hydrogens is 265 g/mol. The van der Waals surface area contributed by atoms with Gasteiger partial charge in [-0.2, -0.15) is 0 Å². The maximum absolute atomic E-state index is 13.0. The van der Waals surface area contributed by atoms with Crippen molar-refractivity contribution in [1.29, 1.82) is 0 Å². The van der Waals surface area contributed by atoms with Crippen molar-refractivity contribution in [2.45, 2.75) is 32.6 Å². The van der Waals surface area contributed by atoms with E-state index in [9.17, 15) is 4.39 Å². The average molecular weight is 285 g/mol. The van der Waals surface area contributed by atoms with Crippen molar-refractivity contribution >= 4 is 0 Å². The van der Waals surface area contributed by atoms with Gasteiger partial charge in [0.1, 0.15) is 5.82 Å². The van der Waals surface area contributed by atoms with Gasteiger partial charge in [-0.25, -0.2) is 4.39 Å². The fourth-order valence-electron chi connectivity index (χ4n) is 2.82. The molecule has 1 unspecified atom stereocenters. The van der Waals surface area contributed by atoms with Gasteiger partial charge in [0.15, 0.2) is 0 Å². The predicted octanol–water partition coefficient (Wildman–Crippen LogP) is 3.75. The molecule has 0 amide bonds. The largest absolute Gasteiger partial charge is 0.372 e. The van der Waals surface area contributed by atoms with Crippen LogP contribution in [-0.4, -0.2) is 6.54 Å². The average Bonchev–Trinajstić information content (AvgIpc) is 2.96. The third kappa shape index (κ3) is 3.31. The van der Waals surface area contributed by atoms with Gasteiger partial charge in [0.2, 0.25) is 0 Å². The summed E-state index contributed by atoms with van der Waals surface area (Å²) in [6, 6.07) is 13.6. The SMILES string of the molecule is CCNC(Cc1ccc(F)cc1)c1ccc2c(c1)COC2. The van der Waals surface area contributed by atoms with E-state index in [-0.39, 0.29) is 11.9 Å². The molecular formula is C18H20FNO. The van der Waals surface area contributed by atoms with E-state index in [1.54, 1.807) is 0 Å². The lowest BCUT2D eigenvalue weighted by molar-refractivity contribution is 0.134. The van der Waals surface area contributed by atoms with Crippen LogP contribution in [-0.2, 0) is 24.4 Å². The molecule has 3 heteroatoms. The van der Waals surface area contributed by atoms with Crippen LogP contribution in [0.25, 0.3) is 0 Å². The second kappa shape index (κ2) is 6.37. The highest BCUT2D eigenvalue weighted by Gasteiger charge is 2.16. The minimum Gasteiger partial charge on any atom is -0.372 e. The topological polar surface area (TPSA) is 21.3 Å². The maximum Gasteiger partial charge on any atom is 0.123 e. The number of fused-ring (bicyclic) bond motifs is 1. The fraction of sp³-hybridized carbons (Fsp3) is 0.333. The Morgan fingerprint density at radius 2 is 1.86 bits per heavy atom. The van der Waals surface area contributed by atoms with E-state index in [1.807, 2.05) is 12.1 Å². The summed E-state index contributed by atoms with van der Waals surface area (Å²) in [7, 11) is 0. The molecule has 2 aromatic carbocycles. The molecule has 1 heterocycles. The first-order chi connectivity index (χ1) is 10.3. The highest BCUT2D eigenvalue weighted by Crippen LogP contribution is 2.26. The summed E-state index contributed by atoms with van der Waals surface area (Å²) in [5.41, 5.74) is 4.98. The maximum atomic E-state index is 13.0. The number of benzene rings is 2. The van der Waals surface area contributed by atoms with Crippen LogP contribution in [0.15, 0.2) is 42.5 Å². The molecule has 0 fully saturated rings. The van der Waals surface area contributed by atoms with E-state index in [2.05, 4.69) is 30.4 Å². The molecule has 0 aromatic heterocycles. The van der Waals surface area contributed by atoms with Crippen molar-refractivity contribution < 1.29 is 9.13 Å². The van der Waals surface area contributed by atoms with Crippen molar-refractivity contribution in [2.75, 3.05) is 6.54 Å². The normalized spacial score (nSPS) is 15.0. The van der Waals surface area contributed by atoms with E-state index < -0.39 is 0 Å². The van der Waals surface area contributed by atoms with Gasteiger partial charge >= 0.3 is 0 Å². The van der Waals surface area contributed by atoms with Gasteiger partial charge < -0.3 is 10.1 Å². The summed E-state index contributed by atoms with van der Waals surface area (Å²) >= 11 is 0. The first kappa shape index (κ1) is 14.2. The van der Waals surface area contributed by atoms with Crippen molar-refractivity contribution in [3.05, 3.63) is 70.5 Å². The van der Waals surface area contributed by atoms with Crippen molar-refractivity contribution in [1.82, 2.24) is 5.32 Å². The number of halogens is 1. The zero-order chi connectivity index (χ0) is 14.7. The van der Waals surface area contributed by atoms with Gasteiger partial charge in [-0.1, -0.05) is 37.3 Å². The first-order valence-corrected chi connectivity index (χ1v) is 7.43. The minimum absolute atomic E-state index is 0.187. The lowest BCUT2D eigenvalue weighted by atomic mass is 9.96. The summed E-state index contributed by atoms with van der Waals surface area (Å²) in [4.78, 5) is 0. The molecule has 110 valence electrons. The Morgan fingerprint density at radius 1 is 1.10 bits per heavy atom. The smallest absolute Gasteiger partial charge is 0.123 e. The third-order valence-corrected chi connectivity index (χ3v) is 3.95. The zero-order valence-electron chi connectivity index (χ0n) is 12.2. The quantitative estimate of drug-likeness (QED) is 0.903. The molecule has 0 radical (unpaired) electrons. The van der Waals surface area contributed by atoms with E-state index in [4.69, 9.17) is 4.74 Å². The number of hydrogen-bond donors (Lipinski definition) is 1. The predicted molar refractivity (Wildman–Crippen MR) is 81.5 cm³/mol. The molecule has 1 atom stereocenters. The minimum atomic E-state index is -0.187. The molecule has 0 bridgehead atoms. The molecule has 2 aromatic rings. The van der Waals surface area contributed by atoms with Gasteiger partial charge in [-0.15, -0.1) is 0 Å². The van der Waals surface area contributed by atoms with Crippen LogP contribution in [0, 0.1) is 5.82 Å². The summed E-state index contributed by atoms with van der Waals surface area (Å²) in [5.74, 6) is -0.187. The second-order valence-electron chi connectivity index (χ2n) is 5.46. The highest BCUT2D eigenvalue weighted by molar-refractivity contribution is 5.35. The van der Waals surface area contributed by atoms with Crippen LogP contribution in [0.3, 0.4) is 0 Å². The first-order valence-electron chi connectivity index (χ1n) is 7.43. The van der Waals surface area contributed by atoms with E-state index in [1.165, 1.54) is 28.8 Å². The monoisotopic (exact) mass is 285 g/mol. The summed E-state index contributed by atoms with van der Waals surface area (Å²) in [5, 5.41) is 3.52. The molecule has 1 aliphatic heterocycles. The molecule has 1 aliphatic rings. The Morgan fingerprint density at radius 3 is 2.62 bits per heavy atom. The Bertz CT molecular complexity index is 609. The number of likely N-dealkylation sites (N-methyl/N-ethyl adjacent to an activating group) is 1. The second-order valence-corrected chi connectivity index (χ2v) is 5.46. The Kier molecular flexibility index (Phi) is 4.32. The van der Waals surface area contributed by atoms with Crippen LogP contribution < -0.4 is 5.32 Å². The number of hydrogen-bond acceptors (Lipinski definition) is 2. The Labute approximate surface area is 125 Å². The van der Waals surface area contributed by atoms with Gasteiger partial charge in [0, 0.05) is 6.04 Å².